The van der Waals surface area contributed by atoms with Crippen LogP contribution in [0.15, 0.2) is 29.1 Å². The van der Waals surface area contributed by atoms with Gasteiger partial charge in [-0.15, -0.1) is 0 Å². The molecule has 6 nitrogen and oxygen atoms in total. The molecule has 0 bridgehead atoms. The van der Waals surface area contributed by atoms with E-state index in [1.165, 1.54) is 6.39 Å². The lowest BCUT2D eigenvalue weighted by atomic mass is 10.0. The second kappa shape index (κ2) is 6.50. The van der Waals surface area contributed by atoms with Crippen molar-refractivity contribution in [2.75, 3.05) is 6.54 Å². The van der Waals surface area contributed by atoms with Gasteiger partial charge < -0.3 is 15.6 Å². The van der Waals surface area contributed by atoms with E-state index in [9.17, 15) is 4.79 Å². The Kier molecular flexibility index (Phi) is 4.47. The Balaban J connectivity index is 2.13. The van der Waals surface area contributed by atoms with Crippen LogP contribution in [-0.2, 0) is 6.54 Å². The van der Waals surface area contributed by atoms with Gasteiger partial charge in [-0.25, -0.2) is 0 Å². The maximum Gasteiger partial charge on any atom is 0.251 e. The van der Waals surface area contributed by atoms with Crippen molar-refractivity contribution in [3.05, 3.63) is 47.1 Å². The van der Waals surface area contributed by atoms with E-state index < -0.39 is 0 Å². The number of carbonyl (C=O) groups is 1. The van der Waals surface area contributed by atoms with Crippen LogP contribution < -0.4 is 11.1 Å². The molecule has 0 aliphatic carbocycles. The normalized spacial score (nSPS) is 9.70. The summed E-state index contributed by atoms with van der Waals surface area (Å²) in [5.74, 6) is 5.94. The van der Waals surface area contributed by atoms with E-state index in [2.05, 4.69) is 31.8 Å². The number of rotatable bonds is 3. The third kappa shape index (κ3) is 3.22. The Bertz CT molecular complexity index is 654. The molecule has 2 rings (SSSR count). The number of carbonyl (C=O) groups excluding carboxylic acids is 1. The molecule has 1 aromatic carbocycles. The highest BCUT2D eigenvalue weighted by molar-refractivity contribution is 5.96. The van der Waals surface area contributed by atoms with E-state index >= 15 is 0 Å². The number of benzene rings is 1. The fraction of sp³-hybridized carbons (Fsp3) is 0.214. The highest BCUT2D eigenvalue weighted by Crippen LogP contribution is 2.13. The Morgan fingerprint density at radius 3 is 3.05 bits per heavy atom. The largest absolute Gasteiger partial charge is 0.345 e. The topological polar surface area (TPSA) is 94.0 Å². The molecular formula is C14H14N4O2. The minimum atomic E-state index is -0.205. The summed E-state index contributed by atoms with van der Waals surface area (Å²) in [6.07, 6.45) is 1.22. The summed E-state index contributed by atoms with van der Waals surface area (Å²) in [5.41, 5.74) is 7.53. The first-order valence-corrected chi connectivity index (χ1v) is 6.04. The molecule has 1 amide bonds. The average Bonchev–Trinajstić information content (AvgIpc) is 2.97. The lowest BCUT2D eigenvalue weighted by Gasteiger charge is -2.07. The number of nitrogens with zero attached hydrogens (tertiary/aromatic N) is 2. The first kappa shape index (κ1) is 13.8. The molecule has 0 saturated carbocycles. The maximum absolute atomic E-state index is 12.1. The van der Waals surface area contributed by atoms with Crippen molar-refractivity contribution >= 4 is 5.91 Å². The summed E-state index contributed by atoms with van der Waals surface area (Å²) in [4.78, 5) is 16.0. The van der Waals surface area contributed by atoms with Gasteiger partial charge in [-0.05, 0) is 24.6 Å². The fourth-order valence-corrected chi connectivity index (χ4v) is 1.69. The van der Waals surface area contributed by atoms with Gasteiger partial charge in [0, 0.05) is 11.1 Å². The molecule has 0 radical (unpaired) electrons. The number of aromatic nitrogens is 2. The Morgan fingerprint density at radius 1 is 1.50 bits per heavy atom. The van der Waals surface area contributed by atoms with Crippen LogP contribution in [0.3, 0.4) is 0 Å². The van der Waals surface area contributed by atoms with Crippen LogP contribution in [0.4, 0.5) is 0 Å². The predicted molar refractivity (Wildman–Crippen MR) is 72.6 cm³/mol. The molecule has 0 aliphatic heterocycles. The zero-order valence-corrected chi connectivity index (χ0v) is 11.0. The first-order chi connectivity index (χ1) is 9.72. The van der Waals surface area contributed by atoms with Gasteiger partial charge in [0.1, 0.15) is 0 Å². The molecule has 3 N–H and O–H groups in total. The maximum atomic E-state index is 12.1. The van der Waals surface area contributed by atoms with Gasteiger partial charge in [-0.2, -0.15) is 4.98 Å². The molecule has 0 unspecified atom stereocenters. The Morgan fingerprint density at radius 2 is 2.35 bits per heavy atom. The number of nitrogens with one attached hydrogen (secondary N) is 1. The monoisotopic (exact) mass is 270 g/mol. The summed E-state index contributed by atoms with van der Waals surface area (Å²) in [6, 6.07) is 5.39. The zero-order valence-electron chi connectivity index (χ0n) is 11.0. The summed E-state index contributed by atoms with van der Waals surface area (Å²) in [5, 5.41) is 6.35. The van der Waals surface area contributed by atoms with Gasteiger partial charge >= 0.3 is 0 Å². The van der Waals surface area contributed by atoms with E-state index in [4.69, 9.17) is 5.73 Å². The Labute approximate surface area is 116 Å². The molecule has 0 fully saturated rings. The van der Waals surface area contributed by atoms with E-state index in [1.54, 1.807) is 12.1 Å². The fourth-order valence-electron chi connectivity index (χ4n) is 1.69. The van der Waals surface area contributed by atoms with Gasteiger partial charge in [0.05, 0.1) is 13.1 Å². The van der Waals surface area contributed by atoms with Crippen LogP contribution >= 0.6 is 0 Å². The van der Waals surface area contributed by atoms with E-state index in [0.29, 0.717) is 11.4 Å². The third-order valence-corrected chi connectivity index (χ3v) is 2.72. The van der Waals surface area contributed by atoms with Crippen LogP contribution in [0.2, 0.25) is 0 Å². The molecular weight excluding hydrogens is 256 g/mol. The molecule has 102 valence electrons. The van der Waals surface area contributed by atoms with Crippen molar-refractivity contribution < 1.29 is 9.32 Å². The van der Waals surface area contributed by atoms with Crippen molar-refractivity contribution in [2.24, 2.45) is 5.73 Å². The number of nitrogens with two attached hydrogens (primary N) is 1. The van der Waals surface area contributed by atoms with Gasteiger partial charge in [-0.1, -0.05) is 23.1 Å². The molecule has 0 aliphatic rings. The third-order valence-electron chi connectivity index (χ3n) is 2.72. The van der Waals surface area contributed by atoms with Crippen molar-refractivity contribution in [2.45, 2.75) is 13.5 Å². The minimum Gasteiger partial charge on any atom is -0.345 e. The van der Waals surface area contributed by atoms with E-state index in [0.717, 1.165) is 11.1 Å². The van der Waals surface area contributed by atoms with Crippen molar-refractivity contribution in [1.82, 2.24) is 15.5 Å². The second-order valence-electron chi connectivity index (χ2n) is 4.01. The van der Waals surface area contributed by atoms with E-state index in [1.807, 2.05) is 13.0 Å². The van der Waals surface area contributed by atoms with Crippen LogP contribution in [0, 0.1) is 18.8 Å². The molecule has 0 saturated heterocycles. The minimum absolute atomic E-state index is 0.205. The summed E-state index contributed by atoms with van der Waals surface area (Å²) in [7, 11) is 0. The van der Waals surface area contributed by atoms with Gasteiger partial charge in [0.15, 0.2) is 5.82 Å². The molecule has 1 heterocycles. The summed E-state index contributed by atoms with van der Waals surface area (Å²) >= 11 is 0. The average molecular weight is 270 g/mol. The molecule has 1 aromatic heterocycles. The SMILES string of the molecule is Cc1c(C#CCN)cccc1C(=O)NCc1ncon1. The quantitative estimate of drug-likeness (QED) is 0.797. The van der Waals surface area contributed by atoms with E-state index in [-0.39, 0.29) is 19.0 Å². The lowest BCUT2D eigenvalue weighted by Crippen LogP contribution is -2.24. The molecule has 2 aromatic rings. The van der Waals surface area contributed by atoms with Crippen LogP contribution in [0.5, 0.6) is 0 Å². The van der Waals surface area contributed by atoms with Crippen LogP contribution in [-0.4, -0.2) is 22.6 Å². The number of amides is 1. The standard InChI is InChI=1S/C14H14N4O2/c1-10-11(5-3-7-15)4-2-6-12(10)14(19)16-8-13-17-9-20-18-13/h2,4,6,9H,7-8,15H2,1H3,(H,16,19). The van der Waals surface area contributed by atoms with Gasteiger partial charge in [-0.3, -0.25) is 4.79 Å². The molecule has 0 atom stereocenters. The lowest BCUT2D eigenvalue weighted by molar-refractivity contribution is 0.0949. The van der Waals surface area contributed by atoms with Crippen molar-refractivity contribution in [1.29, 1.82) is 0 Å². The van der Waals surface area contributed by atoms with Crippen molar-refractivity contribution in [3.8, 4) is 11.8 Å². The van der Waals surface area contributed by atoms with Gasteiger partial charge in [0.2, 0.25) is 6.39 Å². The van der Waals surface area contributed by atoms with Crippen LogP contribution in [0.1, 0.15) is 27.3 Å². The summed E-state index contributed by atoms with van der Waals surface area (Å²) < 4.78 is 4.60. The highest BCUT2D eigenvalue weighted by atomic mass is 16.5. The first-order valence-electron chi connectivity index (χ1n) is 6.04. The number of hydrogen-bond acceptors (Lipinski definition) is 5. The van der Waals surface area contributed by atoms with Crippen molar-refractivity contribution in [3.63, 3.8) is 0 Å². The smallest absolute Gasteiger partial charge is 0.251 e. The Hall–Kier alpha value is -2.65. The van der Waals surface area contributed by atoms with Gasteiger partial charge in [0.25, 0.3) is 5.91 Å². The molecule has 6 heteroatoms. The zero-order chi connectivity index (χ0) is 14.4. The van der Waals surface area contributed by atoms with Crippen LogP contribution in [0.25, 0.3) is 0 Å². The summed E-state index contributed by atoms with van der Waals surface area (Å²) in [6.45, 7) is 2.35. The second-order valence-corrected chi connectivity index (χ2v) is 4.01. The molecule has 0 spiro atoms. The number of hydrogen-bond donors (Lipinski definition) is 2. The predicted octanol–water partition coefficient (Wildman–Crippen LogP) is 0.618. The molecule has 20 heavy (non-hydrogen) atoms. The highest BCUT2D eigenvalue weighted by Gasteiger charge is 2.11.